The minimum absolute atomic E-state index is 0.142. The van der Waals surface area contributed by atoms with Gasteiger partial charge in [-0.3, -0.25) is 4.79 Å². The minimum atomic E-state index is -3.61. The quantitative estimate of drug-likeness (QED) is 0.400. The van der Waals surface area contributed by atoms with Crippen molar-refractivity contribution in [3.05, 3.63) is 47.5 Å². The van der Waals surface area contributed by atoms with Crippen molar-refractivity contribution in [3.63, 3.8) is 0 Å². The Morgan fingerprint density at radius 2 is 1.48 bits per heavy atom. The molecule has 0 aromatic heterocycles. The summed E-state index contributed by atoms with van der Waals surface area (Å²) in [5, 5.41) is 2.83. The number of amides is 1. The molecule has 0 heterocycles. The number of nitrogens with one attached hydrogen (secondary N) is 2. The SMILES string of the molecule is CCOc1cc(C(=O)NCc2ccc(S(=O)(=O)NCCOC)cc2)cc(OCC)c1OCC. The third-order valence-corrected chi connectivity index (χ3v) is 5.93. The standard InChI is InChI=1S/C23H32N2O7S/c1-5-30-20-14-18(15-21(31-6-2)22(20)32-7-3)23(26)24-16-17-8-10-19(11-9-17)33(27,28)25-12-13-29-4/h8-11,14-15,25H,5-7,12-13,16H2,1-4H3,(H,24,26). The predicted molar refractivity (Wildman–Crippen MR) is 125 cm³/mol. The molecule has 0 radical (unpaired) electrons. The van der Waals surface area contributed by atoms with Crippen LogP contribution in [0.25, 0.3) is 0 Å². The van der Waals surface area contributed by atoms with Crippen molar-refractivity contribution in [2.75, 3.05) is 40.1 Å². The van der Waals surface area contributed by atoms with Crippen LogP contribution in [0.1, 0.15) is 36.7 Å². The van der Waals surface area contributed by atoms with Crippen molar-refractivity contribution >= 4 is 15.9 Å². The zero-order valence-corrected chi connectivity index (χ0v) is 20.3. The Morgan fingerprint density at radius 3 is 2.00 bits per heavy atom. The second-order valence-corrected chi connectivity index (χ2v) is 8.58. The number of rotatable bonds is 14. The molecular formula is C23H32N2O7S. The number of carbonyl (C=O) groups excluding carboxylic acids is 1. The van der Waals surface area contributed by atoms with Gasteiger partial charge in [0.1, 0.15) is 0 Å². The van der Waals surface area contributed by atoms with Crippen molar-refractivity contribution in [1.29, 1.82) is 0 Å². The number of hydrogen-bond donors (Lipinski definition) is 2. The third kappa shape index (κ3) is 7.62. The molecule has 0 saturated heterocycles. The van der Waals surface area contributed by atoms with Crippen molar-refractivity contribution in [2.24, 2.45) is 0 Å². The van der Waals surface area contributed by atoms with Crippen molar-refractivity contribution in [3.8, 4) is 17.2 Å². The lowest BCUT2D eigenvalue weighted by atomic mass is 10.1. The summed E-state index contributed by atoms with van der Waals surface area (Å²) in [4.78, 5) is 12.9. The van der Waals surface area contributed by atoms with Gasteiger partial charge in [-0.2, -0.15) is 0 Å². The summed E-state index contributed by atoms with van der Waals surface area (Å²) in [5.74, 6) is 1.02. The highest BCUT2D eigenvalue weighted by Gasteiger charge is 2.18. The lowest BCUT2D eigenvalue weighted by Gasteiger charge is -2.17. The van der Waals surface area contributed by atoms with Crippen LogP contribution in [-0.2, 0) is 21.3 Å². The molecular weight excluding hydrogens is 448 g/mol. The molecule has 0 fully saturated rings. The lowest BCUT2D eigenvalue weighted by Crippen LogP contribution is -2.27. The number of sulfonamides is 1. The molecule has 0 saturated carbocycles. The molecule has 9 nitrogen and oxygen atoms in total. The molecule has 0 aliphatic heterocycles. The zero-order chi connectivity index (χ0) is 24.3. The smallest absolute Gasteiger partial charge is 0.251 e. The summed E-state index contributed by atoms with van der Waals surface area (Å²) >= 11 is 0. The van der Waals surface area contributed by atoms with Gasteiger partial charge in [-0.1, -0.05) is 12.1 Å². The van der Waals surface area contributed by atoms with Gasteiger partial charge in [0.25, 0.3) is 5.91 Å². The highest BCUT2D eigenvalue weighted by Crippen LogP contribution is 2.39. The summed E-state index contributed by atoms with van der Waals surface area (Å²) in [6.07, 6.45) is 0. The van der Waals surface area contributed by atoms with Crippen molar-refractivity contribution in [2.45, 2.75) is 32.2 Å². The Morgan fingerprint density at radius 1 is 0.909 bits per heavy atom. The van der Waals surface area contributed by atoms with E-state index in [1.165, 1.54) is 19.2 Å². The first-order chi connectivity index (χ1) is 15.9. The minimum Gasteiger partial charge on any atom is -0.490 e. The van der Waals surface area contributed by atoms with Gasteiger partial charge in [-0.15, -0.1) is 0 Å². The van der Waals surface area contributed by atoms with Crippen LogP contribution in [0.2, 0.25) is 0 Å². The van der Waals surface area contributed by atoms with E-state index in [2.05, 4.69) is 10.0 Å². The van der Waals surface area contributed by atoms with Gasteiger partial charge in [0.05, 0.1) is 31.3 Å². The molecule has 2 rings (SSSR count). The molecule has 0 aliphatic carbocycles. The molecule has 182 valence electrons. The molecule has 0 bridgehead atoms. The molecule has 1 amide bonds. The largest absolute Gasteiger partial charge is 0.490 e. The summed E-state index contributed by atoms with van der Waals surface area (Å²) in [7, 11) is -2.11. The molecule has 0 unspecified atom stereocenters. The maximum absolute atomic E-state index is 12.8. The maximum atomic E-state index is 12.8. The van der Waals surface area contributed by atoms with Gasteiger partial charge >= 0.3 is 0 Å². The fourth-order valence-corrected chi connectivity index (χ4v) is 3.97. The topological polar surface area (TPSA) is 112 Å². The van der Waals surface area contributed by atoms with Gasteiger partial charge in [0.15, 0.2) is 11.5 Å². The van der Waals surface area contributed by atoms with E-state index < -0.39 is 10.0 Å². The van der Waals surface area contributed by atoms with Gasteiger partial charge < -0.3 is 24.3 Å². The van der Waals surface area contributed by atoms with Gasteiger partial charge in [0.2, 0.25) is 15.8 Å². The molecule has 0 spiro atoms. The monoisotopic (exact) mass is 480 g/mol. The zero-order valence-electron chi connectivity index (χ0n) is 19.5. The average Bonchev–Trinajstić information content (AvgIpc) is 2.80. The van der Waals surface area contributed by atoms with E-state index in [-0.39, 0.29) is 30.5 Å². The van der Waals surface area contributed by atoms with E-state index >= 15 is 0 Å². The average molecular weight is 481 g/mol. The highest BCUT2D eigenvalue weighted by molar-refractivity contribution is 7.89. The van der Waals surface area contributed by atoms with Crippen LogP contribution in [0.15, 0.2) is 41.3 Å². The van der Waals surface area contributed by atoms with Gasteiger partial charge in [-0.05, 0) is 50.6 Å². The first-order valence-electron chi connectivity index (χ1n) is 10.8. The van der Waals surface area contributed by atoms with Crippen LogP contribution in [0.4, 0.5) is 0 Å². The predicted octanol–water partition coefficient (Wildman–Crippen LogP) is 2.74. The molecule has 0 atom stereocenters. The lowest BCUT2D eigenvalue weighted by molar-refractivity contribution is 0.0949. The first kappa shape index (κ1) is 26.4. The van der Waals surface area contributed by atoms with Crippen molar-refractivity contribution in [1.82, 2.24) is 10.0 Å². The van der Waals surface area contributed by atoms with E-state index in [1.807, 2.05) is 20.8 Å². The normalized spacial score (nSPS) is 11.2. The summed E-state index contributed by atoms with van der Waals surface area (Å²) in [6, 6.07) is 9.53. The van der Waals surface area contributed by atoms with Crippen LogP contribution in [0.5, 0.6) is 17.2 Å². The fraction of sp³-hybridized carbons (Fsp3) is 0.435. The Kier molecular flexibility index (Phi) is 10.4. The fourth-order valence-electron chi connectivity index (χ4n) is 2.95. The van der Waals surface area contributed by atoms with Crippen LogP contribution < -0.4 is 24.2 Å². The molecule has 10 heteroatoms. The van der Waals surface area contributed by atoms with E-state index in [0.717, 1.165) is 5.56 Å². The molecule has 2 aromatic carbocycles. The summed E-state index contributed by atoms with van der Waals surface area (Å²) < 4.78 is 48.8. The van der Waals surface area contributed by atoms with Crippen molar-refractivity contribution < 1.29 is 32.2 Å². The van der Waals surface area contributed by atoms with Crippen LogP contribution in [-0.4, -0.2) is 54.4 Å². The van der Waals surface area contributed by atoms with Crippen LogP contribution in [0, 0.1) is 0 Å². The van der Waals surface area contributed by atoms with Gasteiger partial charge in [-0.25, -0.2) is 13.1 Å². The molecule has 33 heavy (non-hydrogen) atoms. The van der Waals surface area contributed by atoms with E-state index in [1.54, 1.807) is 24.3 Å². The summed E-state index contributed by atoms with van der Waals surface area (Å²) in [5.41, 5.74) is 1.12. The Labute approximate surface area is 195 Å². The Bertz CT molecular complexity index is 981. The number of methoxy groups -OCH3 is 1. The first-order valence-corrected chi connectivity index (χ1v) is 12.3. The number of hydrogen-bond acceptors (Lipinski definition) is 7. The van der Waals surface area contributed by atoms with Crippen LogP contribution >= 0.6 is 0 Å². The van der Waals surface area contributed by atoms with Crippen LogP contribution in [0.3, 0.4) is 0 Å². The number of benzene rings is 2. The Hall–Kier alpha value is -2.82. The number of carbonyl (C=O) groups is 1. The van der Waals surface area contributed by atoms with E-state index in [4.69, 9.17) is 18.9 Å². The number of ether oxygens (including phenoxy) is 4. The van der Waals surface area contributed by atoms with Gasteiger partial charge in [0, 0.05) is 25.8 Å². The van der Waals surface area contributed by atoms with E-state index in [9.17, 15) is 13.2 Å². The molecule has 2 aromatic rings. The summed E-state index contributed by atoms with van der Waals surface area (Å²) in [6.45, 7) is 7.49. The third-order valence-electron chi connectivity index (χ3n) is 4.46. The molecule has 0 aliphatic rings. The highest BCUT2D eigenvalue weighted by atomic mass is 32.2. The maximum Gasteiger partial charge on any atom is 0.251 e. The Balaban J connectivity index is 2.12. The second kappa shape index (κ2) is 13.0. The second-order valence-electron chi connectivity index (χ2n) is 6.82. The molecule has 2 N–H and O–H groups in total. The van der Waals surface area contributed by atoms with E-state index in [0.29, 0.717) is 42.6 Å².